The second-order valence-corrected chi connectivity index (χ2v) is 3.31. The first kappa shape index (κ1) is 12.9. The maximum atomic E-state index is 5.17. The molecule has 0 radical (unpaired) electrons. The zero-order valence-electron chi connectivity index (χ0n) is 9.46. The van der Waals surface area contributed by atoms with Gasteiger partial charge in [0.15, 0.2) is 6.29 Å². The van der Waals surface area contributed by atoms with E-state index in [0.717, 1.165) is 12.8 Å². The molecule has 3 nitrogen and oxygen atoms in total. The lowest BCUT2D eigenvalue weighted by Gasteiger charge is -2.26. The molecule has 0 aromatic rings. The van der Waals surface area contributed by atoms with Gasteiger partial charge in [0.1, 0.15) is 0 Å². The van der Waals surface area contributed by atoms with Crippen LogP contribution in [0.5, 0.6) is 0 Å². The SMILES string of the molecule is CCC(CC)NC(C)C(OC)OC. The average molecular weight is 189 g/mol. The molecule has 1 N–H and O–H groups in total. The van der Waals surface area contributed by atoms with Crippen LogP contribution in [0.25, 0.3) is 0 Å². The average Bonchev–Trinajstić information content (AvgIpc) is 2.16. The molecule has 0 saturated heterocycles. The molecule has 0 aliphatic heterocycles. The highest BCUT2D eigenvalue weighted by molar-refractivity contribution is 4.71. The Bertz CT molecular complexity index is 111. The normalized spacial score (nSPS) is 14.1. The van der Waals surface area contributed by atoms with Crippen LogP contribution >= 0.6 is 0 Å². The summed E-state index contributed by atoms with van der Waals surface area (Å²) < 4.78 is 10.3. The fraction of sp³-hybridized carbons (Fsp3) is 1.00. The Kier molecular flexibility index (Phi) is 7.23. The highest BCUT2D eigenvalue weighted by Crippen LogP contribution is 2.03. The molecule has 0 heterocycles. The molecule has 0 saturated carbocycles. The van der Waals surface area contributed by atoms with E-state index in [1.165, 1.54) is 0 Å². The third-order valence-corrected chi connectivity index (χ3v) is 2.36. The van der Waals surface area contributed by atoms with Gasteiger partial charge in [-0.05, 0) is 19.8 Å². The smallest absolute Gasteiger partial charge is 0.171 e. The summed E-state index contributed by atoms with van der Waals surface area (Å²) >= 11 is 0. The van der Waals surface area contributed by atoms with Crippen molar-refractivity contribution in [2.24, 2.45) is 0 Å². The first-order valence-electron chi connectivity index (χ1n) is 5.01. The molecule has 0 rings (SSSR count). The number of methoxy groups -OCH3 is 2. The van der Waals surface area contributed by atoms with Crippen LogP contribution in [0.4, 0.5) is 0 Å². The Morgan fingerprint density at radius 2 is 1.54 bits per heavy atom. The molecule has 0 aromatic carbocycles. The van der Waals surface area contributed by atoms with E-state index in [9.17, 15) is 0 Å². The highest BCUT2D eigenvalue weighted by atomic mass is 16.7. The van der Waals surface area contributed by atoms with E-state index in [4.69, 9.17) is 9.47 Å². The Labute approximate surface area is 81.8 Å². The van der Waals surface area contributed by atoms with Gasteiger partial charge in [0.2, 0.25) is 0 Å². The number of hydrogen-bond acceptors (Lipinski definition) is 3. The molecule has 0 aliphatic carbocycles. The maximum absolute atomic E-state index is 5.17. The Morgan fingerprint density at radius 1 is 1.08 bits per heavy atom. The zero-order valence-corrected chi connectivity index (χ0v) is 9.46. The fourth-order valence-electron chi connectivity index (χ4n) is 1.48. The first-order valence-corrected chi connectivity index (χ1v) is 5.01. The number of ether oxygens (including phenoxy) is 2. The van der Waals surface area contributed by atoms with Gasteiger partial charge in [0, 0.05) is 20.3 Å². The van der Waals surface area contributed by atoms with Crippen molar-refractivity contribution in [3.8, 4) is 0 Å². The lowest BCUT2D eigenvalue weighted by atomic mass is 10.1. The van der Waals surface area contributed by atoms with Gasteiger partial charge in [-0.15, -0.1) is 0 Å². The minimum Gasteiger partial charge on any atom is -0.354 e. The Balaban J connectivity index is 3.87. The first-order chi connectivity index (χ1) is 6.19. The van der Waals surface area contributed by atoms with Crippen molar-refractivity contribution in [1.82, 2.24) is 5.32 Å². The summed E-state index contributed by atoms with van der Waals surface area (Å²) in [7, 11) is 3.33. The van der Waals surface area contributed by atoms with Crippen molar-refractivity contribution in [2.45, 2.75) is 52.0 Å². The van der Waals surface area contributed by atoms with Crippen molar-refractivity contribution >= 4 is 0 Å². The number of hydrogen-bond donors (Lipinski definition) is 1. The minimum atomic E-state index is -0.152. The molecule has 0 bridgehead atoms. The van der Waals surface area contributed by atoms with Gasteiger partial charge >= 0.3 is 0 Å². The Morgan fingerprint density at radius 3 is 1.85 bits per heavy atom. The summed E-state index contributed by atoms with van der Waals surface area (Å²) in [6.07, 6.45) is 2.13. The van der Waals surface area contributed by atoms with E-state index in [0.29, 0.717) is 6.04 Å². The molecule has 0 spiro atoms. The van der Waals surface area contributed by atoms with Crippen LogP contribution in [-0.2, 0) is 9.47 Å². The summed E-state index contributed by atoms with van der Waals surface area (Å²) in [5.41, 5.74) is 0. The number of nitrogens with one attached hydrogen (secondary N) is 1. The van der Waals surface area contributed by atoms with Crippen molar-refractivity contribution < 1.29 is 9.47 Å². The van der Waals surface area contributed by atoms with Crippen LogP contribution in [0.2, 0.25) is 0 Å². The van der Waals surface area contributed by atoms with Crippen LogP contribution in [0, 0.1) is 0 Å². The second-order valence-electron chi connectivity index (χ2n) is 3.31. The van der Waals surface area contributed by atoms with Gasteiger partial charge in [-0.3, -0.25) is 0 Å². The molecule has 1 unspecified atom stereocenters. The van der Waals surface area contributed by atoms with Crippen LogP contribution in [-0.4, -0.2) is 32.6 Å². The van der Waals surface area contributed by atoms with E-state index in [1.807, 2.05) is 0 Å². The third kappa shape index (κ3) is 4.60. The van der Waals surface area contributed by atoms with Crippen molar-refractivity contribution in [3.05, 3.63) is 0 Å². The topological polar surface area (TPSA) is 30.5 Å². The standard InChI is InChI=1S/C10H23NO2/c1-6-9(7-2)11-8(3)10(12-4)13-5/h8-11H,6-7H2,1-5H3. The van der Waals surface area contributed by atoms with E-state index >= 15 is 0 Å². The van der Waals surface area contributed by atoms with Gasteiger partial charge in [0.25, 0.3) is 0 Å². The molecule has 80 valence electrons. The molecule has 0 aliphatic rings. The summed E-state index contributed by atoms with van der Waals surface area (Å²) in [6.45, 7) is 6.45. The van der Waals surface area contributed by atoms with Gasteiger partial charge in [0.05, 0.1) is 6.04 Å². The van der Waals surface area contributed by atoms with Gasteiger partial charge in [-0.2, -0.15) is 0 Å². The summed E-state index contributed by atoms with van der Waals surface area (Å²) in [6, 6.07) is 0.794. The van der Waals surface area contributed by atoms with Gasteiger partial charge < -0.3 is 14.8 Å². The number of rotatable bonds is 7. The molecule has 1 atom stereocenters. The predicted molar refractivity (Wildman–Crippen MR) is 54.8 cm³/mol. The predicted octanol–water partition coefficient (Wildman–Crippen LogP) is 1.77. The third-order valence-electron chi connectivity index (χ3n) is 2.36. The molecule has 0 amide bonds. The van der Waals surface area contributed by atoms with Crippen LogP contribution in [0.1, 0.15) is 33.6 Å². The molecule has 13 heavy (non-hydrogen) atoms. The lowest BCUT2D eigenvalue weighted by molar-refractivity contribution is -0.121. The van der Waals surface area contributed by atoms with Crippen molar-refractivity contribution in [3.63, 3.8) is 0 Å². The van der Waals surface area contributed by atoms with E-state index in [1.54, 1.807) is 14.2 Å². The second kappa shape index (κ2) is 7.30. The largest absolute Gasteiger partial charge is 0.354 e. The molecule has 0 aromatic heterocycles. The minimum absolute atomic E-state index is 0.152. The van der Waals surface area contributed by atoms with Crippen LogP contribution in [0.15, 0.2) is 0 Å². The van der Waals surface area contributed by atoms with E-state index in [-0.39, 0.29) is 12.3 Å². The van der Waals surface area contributed by atoms with Crippen LogP contribution < -0.4 is 5.32 Å². The van der Waals surface area contributed by atoms with Crippen LogP contribution in [0.3, 0.4) is 0 Å². The van der Waals surface area contributed by atoms with Crippen molar-refractivity contribution in [1.29, 1.82) is 0 Å². The molecular formula is C10H23NO2. The van der Waals surface area contributed by atoms with E-state index in [2.05, 4.69) is 26.1 Å². The molecule has 3 heteroatoms. The summed E-state index contributed by atoms with van der Waals surface area (Å²) in [4.78, 5) is 0. The fourth-order valence-corrected chi connectivity index (χ4v) is 1.48. The molecular weight excluding hydrogens is 166 g/mol. The lowest BCUT2D eigenvalue weighted by Crippen LogP contribution is -2.44. The van der Waals surface area contributed by atoms with Crippen molar-refractivity contribution in [2.75, 3.05) is 14.2 Å². The maximum Gasteiger partial charge on any atom is 0.171 e. The van der Waals surface area contributed by atoms with E-state index < -0.39 is 0 Å². The summed E-state index contributed by atoms with van der Waals surface area (Å²) in [5.74, 6) is 0. The van der Waals surface area contributed by atoms with Gasteiger partial charge in [-0.25, -0.2) is 0 Å². The zero-order chi connectivity index (χ0) is 10.3. The quantitative estimate of drug-likeness (QED) is 0.619. The highest BCUT2D eigenvalue weighted by Gasteiger charge is 2.17. The summed E-state index contributed by atoms with van der Waals surface area (Å²) in [5, 5.41) is 3.47. The molecule has 0 fully saturated rings. The Hall–Kier alpha value is -0.120. The van der Waals surface area contributed by atoms with Gasteiger partial charge in [-0.1, -0.05) is 13.8 Å². The monoisotopic (exact) mass is 189 g/mol.